The third-order valence-corrected chi connectivity index (χ3v) is 5.60. The van der Waals surface area contributed by atoms with Crippen molar-refractivity contribution >= 4 is 13.3 Å². The summed E-state index contributed by atoms with van der Waals surface area (Å²) in [4.78, 5) is 11.9. The number of rotatable bonds is 12. The molecule has 3 aromatic carbocycles. The highest BCUT2D eigenvalue weighted by molar-refractivity contribution is 6.39. The molecule has 0 N–H and O–H groups in total. The SMILES string of the molecule is C=C(C)C(=O)OB(OCC)OCCCC(c1ccccc1)(c1ccccc1)c1ccccc1. The van der Waals surface area contributed by atoms with Gasteiger partial charge in [0.05, 0.1) is 0 Å². The van der Waals surface area contributed by atoms with E-state index in [9.17, 15) is 4.79 Å². The summed E-state index contributed by atoms with van der Waals surface area (Å²) in [6.45, 7) is 7.79. The van der Waals surface area contributed by atoms with Crippen molar-refractivity contribution in [3.63, 3.8) is 0 Å². The fraction of sp³-hybridized carbons (Fsp3) is 0.250. The molecule has 0 spiro atoms. The molecule has 0 atom stereocenters. The lowest BCUT2D eigenvalue weighted by Crippen LogP contribution is -2.32. The molecule has 0 fully saturated rings. The molecule has 3 aromatic rings. The molecule has 0 aliphatic rings. The van der Waals surface area contributed by atoms with Crippen molar-refractivity contribution in [2.45, 2.75) is 32.1 Å². The topological polar surface area (TPSA) is 44.8 Å². The smallest absolute Gasteiger partial charge is 0.481 e. The minimum absolute atomic E-state index is 0.305. The zero-order chi connectivity index (χ0) is 23.5. The Bertz CT molecular complexity index is 909. The van der Waals surface area contributed by atoms with Gasteiger partial charge in [0.25, 0.3) is 0 Å². The van der Waals surface area contributed by atoms with Gasteiger partial charge >= 0.3 is 13.3 Å². The molecule has 4 nitrogen and oxygen atoms in total. The Morgan fingerprint density at radius 2 is 1.27 bits per heavy atom. The standard InChI is InChI=1S/C28H31BO4/c1-4-31-29(33-27(30)23(2)3)32-22-14-21-28(24-15-8-5-9-16-24,25-17-10-6-11-18-25)26-19-12-7-13-20-26/h5-13,15-20H,2,4,14,21-22H2,1,3H3. The molecule has 3 rings (SSSR count). The van der Waals surface area contributed by atoms with Crippen LogP contribution < -0.4 is 0 Å². The summed E-state index contributed by atoms with van der Waals surface area (Å²) in [5, 5.41) is 0. The molecule has 0 saturated carbocycles. The van der Waals surface area contributed by atoms with E-state index in [2.05, 4.69) is 79.4 Å². The van der Waals surface area contributed by atoms with Gasteiger partial charge in [0.15, 0.2) is 0 Å². The molecule has 0 bridgehead atoms. The summed E-state index contributed by atoms with van der Waals surface area (Å²) >= 11 is 0. The highest BCUT2D eigenvalue weighted by Crippen LogP contribution is 2.42. The van der Waals surface area contributed by atoms with Crippen molar-refractivity contribution in [3.8, 4) is 0 Å². The first-order valence-electron chi connectivity index (χ1n) is 11.3. The molecule has 0 aliphatic carbocycles. The second-order valence-corrected chi connectivity index (χ2v) is 7.91. The Morgan fingerprint density at radius 3 is 1.67 bits per heavy atom. The second-order valence-electron chi connectivity index (χ2n) is 7.91. The van der Waals surface area contributed by atoms with E-state index in [0.717, 1.165) is 12.8 Å². The van der Waals surface area contributed by atoms with Gasteiger partial charge in [-0.2, -0.15) is 0 Å². The van der Waals surface area contributed by atoms with Gasteiger partial charge in [0.1, 0.15) is 0 Å². The zero-order valence-electron chi connectivity index (χ0n) is 19.4. The van der Waals surface area contributed by atoms with Crippen LogP contribution in [0.15, 0.2) is 103 Å². The Morgan fingerprint density at radius 1 is 0.818 bits per heavy atom. The van der Waals surface area contributed by atoms with E-state index >= 15 is 0 Å². The number of hydrogen-bond donors (Lipinski definition) is 0. The van der Waals surface area contributed by atoms with Crippen LogP contribution in [-0.2, 0) is 24.2 Å². The molecular weight excluding hydrogens is 411 g/mol. The van der Waals surface area contributed by atoms with Crippen LogP contribution >= 0.6 is 0 Å². The first-order valence-corrected chi connectivity index (χ1v) is 11.3. The maximum atomic E-state index is 11.9. The van der Waals surface area contributed by atoms with Crippen molar-refractivity contribution in [2.75, 3.05) is 13.2 Å². The number of benzene rings is 3. The van der Waals surface area contributed by atoms with Crippen LogP contribution in [0.5, 0.6) is 0 Å². The third-order valence-electron chi connectivity index (χ3n) is 5.60. The molecule has 0 radical (unpaired) electrons. The minimum Gasteiger partial charge on any atom is -0.481 e. The Hall–Kier alpha value is -3.15. The molecule has 0 aliphatic heterocycles. The van der Waals surface area contributed by atoms with Gasteiger partial charge in [-0.05, 0) is 43.4 Å². The largest absolute Gasteiger partial charge is 0.715 e. The summed E-state index contributed by atoms with van der Waals surface area (Å²) in [6, 6.07) is 31.7. The fourth-order valence-corrected chi connectivity index (χ4v) is 4.06. The van der Waals surface area contributed by atoms with E-state index in [1.165, 1.54) is 16.7 Å². The average Bonchev–Trinajstić information content (AvgIpc) is 2.86. The Kier molecular flexibility index (Phi) is 9.05. The van der Waals surface area contributed by atoms with Crippen molar-refractivity contribution in [2.24, 2.45) is 0 Å². The van der Waals surface area contributed by atoms with Crippen LogP contribution in [0.2, 0.25) is 0 Å². The molecule has 0 unspecified atom stereocenters. The molecular formula is C28H31BO4. The van der Waals surface area contributed by atoms with Crippen LogP contribution in [0.25, 0.3) is 0 Å². The number of carbonyl (C=O) groups excluding carboxylic acids is 1. The van der Waals surface area contributed by atoms with Crippen LogP contribution in [0, 0.1) is 0 Å². The first kappa shape index (κ1) is 24.5. The van der Waals surface area contributed by atoms with E-state index < -0.39 is 13.3 Å². The van der Waals surface area contributed by atoms with E-state index in [1.807, 2.05) is 25.1 Å². The van der Waals surface area contributed by atoms with E-state index in [0.29, 0.717) is 18.8 Å². The van der Waals surface area contributed by atoms with Gasteiger partial charge in [0, 0.05) is 24.2 Å². The summed E-state index contributed by atoms with van der Waals surface area (Å²) < 4.78 is 16.5. The fourth-order valence-electron chi connectivity index (χ4n) is 4.06. The molecule has 0 heterocycles. The van der Waals surface area contributed by atoms with Gasteiger partial charge in [-0.25, -0.2) is 4.79 Å². The maximum Gasteiger partial charge on any atom is 0.715 e. The molecule has 0 saturated heterocycles. The van der Waals surface area contributed by atoms with Crippen LogP contribution in [0.3, 0.4) is 0 Å². The lowest BCUT2D eigenvalue weighted by Gasteiger charge is -2.36. The monoisotopic (exact) mass is 442 g/mol. The number of carbonyl (C=O) groups is 1. The minimum atomic E-state index is -1.04. The molecule has 0 amide bonds. The second kappa shape index (κ2) is 12.2. The molecule has 5 heteroatoms. The summed E-state index contributed by atoms with van der Waals surface area (Å²) in [7, 11) is -1.04. The molecule has 170 valence electrons. The van der Waals surface area contributed by atoms with Crippen LogP contribution in [0.1, 0.15) is 43.4 Å². The van der Waals surface area contributed by atoms with Crippen LogP contribution in [-0.4, -0.2) is 26.5 Å². The van der Waals surface area contributed by atoms with Crippen molar-refractivity contribution in [3.05, 3.63) is 120 Å². The zero-order valence-corrected chi connectivity index (χ0v) is 19.4. The predicted octanol–water partition coefficient (Wildman–Crippen LogP) is 5.96. The highest BCUT2D eigenvalue weighted by Gasteiger charge is 2.36. The lowest BCUT2D eigenvalue weighted by atomic mass is 9.67. The van der Waals surface area contributed by atoms with Gasteiger partial charge < -0.3 is 14.0 Å². The van der Waals surface area contributed by atoms with Crippen molar-refractivity contribution in [1.29, 1.82) is 0 Å². The van der Waals surface area contributed by atoms with E-state index in [4.69, 9.17) is 14.0 Å². The Balaban J connectivity index is 1.86. The van der Waals surface area contributed by atoms with Gasteiger partial charge in [0.2, 0.25) is 0 Å². The molecule has 33 heavy (non-hydrogen) atoms. The predicted molar refractivity (Wildman–Crippen MR) is 133 cm³/mol. The summed E-state index contributed by atoms with van der Waals surface area (Å²) in [6.07, 6.45) is 1.53. The number of hydrogen-bond acceptors (Lipinski definition) is 4. The van der Waals surface area contributed by atoms with Gasteiger partial charge in [-0.3, -0.25) is 0 Å². The quantitative estimate of drug-likeness (QED) is 0.150. The summed E-state index contributed by atoms with van der Waals surface area (Å²) in [5.41, 5.74) is 3.62. The van der Waals surface area contributed by atoms with Crippen LogP contribution in [0.4, 0.5) is 0 Å². The van der Waals surface area contributed by atoms with Gasteiger partial charge in [-0.15, -0.1) is 0 Å². The Labute approximate surface area is 197 Å². The van der Waals surface area contributed by atoms with E-state index in [1.54, 1.807) is 6.92 Å². The van der Waals surface area contributed by atoms with Crippen molar-refractivity contribution in [1.82, 2.24) is 0 Å². The lowest BCUT2D eigenvalue weighted by molar-refractivity contribution is -0.133. The maximum absolute atomic E-state index is 11.9. The first-order chi connectivity index (χ1) is 16.1. The van der Waals surface area contributed by atoms with E-state index in [-0.39, 0.29) is 5.41 Å². The van der Waals surface area contributed by atoms with Crippen molar-refractivity contribution < 1.29 is 18.8 Å². The highest BCUT2D eigenvalue weighted by atomic mass is 16.7. The average molecular weight is 442 g/mol. The molecule has 0 aromatic heterocycles. The summed E-state index contributed by atoms with van der Waals surface area (Å²) in [5.74, 6) is -0.527. The third kappa shape index (κ3) is 6.22. The normalized spacial score (nSPS) is 11.1. The van der Waals surface area contributed by atoms with Gasteiger partial charge in [-0.1, -0.05) is 97.6 Å².